The molecular weight excluding hydrogens is 428 g/mol. The fraction of sp³-hybridized carbons (Fsp3) is 0.462. The first-order chi connectivity index (χ1) is 16.6. The first-order valence-corrected chi connectivity index (χ1v) is 12.1. The molecule has 1 aliphatic carbocycles. The molecular formula is C26H28N6O2. The number of nitriles is 1. The van der Waals surface area contributed by atoms with Gasteiger partial charge in [-0.2, -0.15) is 10.4 Å². The molecule has 1 N–H and O–H groups in total. The van der Waals surface area contributed by atoms with E-state index in [-0.39, 0.29) is 11.8 Å². The minimum Gasteiger partial charge on any atom is -0.491 e. The third-order valence-corrected chi connectivity index (χ3v) is 7.63. The summed E-state index contributed by atoms with van der Waals surface area (Å²) in [4.78, 5) is 18.9. The van der Waals surface area contributed by atoms with Gasteiger partial charge >= 0.3 is 0 Å². The SMILES string of the molecule is CN1[C@@H]2CC[C@H]1CC(COc1cnc(C#N)cc1-c1ccn3nc(NC(=O)C4CC4)cc3c1)C2. The van der Waals surface area contributed by atoms with E-state index in [2.05, 4.69) is 33.4 Å². The highest BCUT2D eigenvalue weighted by Crippen LogP contribution is 2.38. The van der Waals surface area contributed by atoms with Crippen molar-refractivity contribution in [3.63, 3.8) is 0 Å². The van der Waals surface area contributed by atoms with Crippen molar-refractivity contribution in [3.8, 4) is 22.9 Å². The zero-order valence-electron chi connectivity index (χ0n) is 19.3. The van der Waals surface area contributed by atoms with Gasteiger partial charge in [-0.1, -0.05) is 0 Å². The number of rotatable bonds is 6. The molecule has 0 aromatic carbocycles. The number of nitrogens with zero attached hydrogens (tertiary/aromatic N) is 5. The third kappa shape index (κ3) is 4.01. The van der Waals surface area contributed by atoms with Gasteiger partial charge in [0.1, 0.15) is 17.5 Å². The number of hydrogen-bond acceptors (Lipinski definition) is 6. The summed E-state index contributed by atoms with van der Waals surface area (Å²) < 4.78 is 8.07. The fourth-order valence-electron chi connectivity index (χ4n) is 5.51. The summed E-state index contributed by atoms with van der Waals surface area (Å²) >= 11 is 0. The van der Waals surface area contributed by atoms with Crippen LogP contribution in [0.1, 0.15) is 44.2 Å². The van der Waals surface area contributed by atoms with Crippen molar-refractivity contribution in [1.29, 1.82) is 5.26 Å². The maximum Gasteiger partial charge on any atom is 0.228 e. The molecule has 3 aromatic rings. The van der Waals surface area contributed by atoms with Gasteiger partial charge in [0.2, 0.25) is 5.91 Å². The van der Waals surface area contributed by atoms with Crippen molar-refractivity contribution < 1.29 is 9.53 Å². The normalized spacial score (nSPS) is 24.2. The number of anilines is 1. The lowest BCUT2D eigenvalue weighted by Gasteiger charge is -2.36. The molecule has 2 bridgehead atoms. The number of pyridine rings is 2. The number of aromatic nitrogens is 3. The van der Waals surface area contributed by atoms with E-state index < -0.39 is 0 Å². The second-order valence-corrected chi connectivity index (χ2v) is 9.95. The number of fused-ring (bicyclic) bond motifs is 3. The van der Waals surface area contributed by atoms with Crippen molar-refractivity contribution in [2.24, 2.45) is 11.8 Å². The van der Waals surface area contributed by atoms with Crippen LogP contribution in [0.4, 0.5) is 5.82 Å². The van der Waals surface area contributed by atoms with Gasteiger partial charge in [-0.05, 0) is 75.3 Å². The van der Waals surface area contributed by atoms with E-state index in [9.17, 15) is 10.1 Å². The van der Waals surface area contributed by atoms with Gasteiger partial charge in [-0.25, -0.2) is 9.50 Å². The molecule has 3 aromatic heterocycles. The summed E-state index contributed by atoms with van der Waals surface area (Å²) in [5.74, 6) is 1.94. The van der Waals surface area contributed by atoms with Crippen LogP contribution in [0, 0.1) is 23.2 Å². The van der Waals surface area contributed by atoms with Crippen LogP contribution in [0.2, 0.25) is 0 Å². The Bertz CT molecular complexity index is 1280. The van der Waals surface area contributed by atoms with Crippen LogP contribution >= 0.6 is 0 Å². The highest BCUT2D eigenvalue weighted by Gasteiger charge is 2.38. The number of nitrogens with one attached hydrogen (secondary N) is 1. The number of ether oxygens (including phenoxy) is 1. The molecule has 0 spiro atoms. The lowest BCUT2D eigenvalue weighted by atomic mass is 9.92. The summed E-state index contributed by atoms with van der Waals surface area (Å²) in [5, 5.41) is 16.8. The first kappa shape index (κ1) is 21.1. The second-order valence-electron chi connectivity index (χ2n) is 9.95. The molecule has 8 heteroatoms. The number of carbonyl (C=O) groups excluding carboxylic acids is 1. The zero-order valence-corrected chi connectivity index (χ0v) is 19.3. The lowest BCUT2D eigenvalue weighted by Crippen LogP contribution is -2.41. The molecule has 8 nitrogen and oxygen atoms in total. The second kappa shape index (κ2) is 8.41. The predicted molar refractivity (Wildman–Crippen MR) is 127 cm³/mol. The Balaban J connectivity index is 1.24. The smallest absolute Gasteiger partial charge is 0.228 e. The van der Waals surface area contributed by atoms with Crippen LogP contribution in [0.3, 0.4) is 0 Å². The van der Waals surface area contributed by atoms with Crippen LogP contribution in [0.5, 0.6) is 5.75 Å². The van der Waals surface area contributed by atoms with Crippen LogP contribution in [0.25, 0.3) is 16.6 Å². The highest BCUT2D eigenvalue weighted by molar-refractivity contribution is 5.93. The molecule has 1 amide bonds. The third-order valence-electron chi connectivity index (χ3n) is 7.63. The van der Waals surface area contributed by atoms with Crippen molar-refractivity contribution in [2.75, 3.05) is 19.0 Å². The summed E-state index contributed by atoms with van der Waals surface area (Å²) in [6.45, 7) is 0.660. The maximum atomic E-state index is 12.1. The Morgan fingerprint density at radius 2 is 2.00 bits per heavy atom. The fourth-order valence-corrected chi connectivity index (χ4v) is 5.51. The maximum absolute atomic E-state index is 12.1. The van der Waals surface area contributed by atoms with E-state index in [1.807, 2.05) is 24.4 Å². The molecule has 6 rings (SSSR count). The Labute approximate surface area is 198 Å². The van der Waals surface area contributed by atoms with Crippen LogP contribution in [-0.4, -0.2) is 51.1 Å². The summed E-state index contributed by atoms with van der Waals surface area (Å²) in [6, 6.07) is 11.1. The molecule has 2 saturated heterocycles. The Hall–Kier alpha value is -3.44. The van der Waals surface area contributed by atoms with Gasteiger partial charge in [0.05, 0.1) is 18.3 Å². The summed E-state index contributed by atoms with van der Waals surface area (Å²) in [7, 11) is 2.25. The highest BCUT2D eigenvalue weighted by atomic mass is 16.5. The van der Waals surface area contributed by atoms with Gasteiger partial charge < -0.3 is 15.0 Å². The standard InChI is InChI=1S/C26H28N6O2/c1-31-20-4-5-21(31)9-16(8-20)15-34-24-14-28-19(13-27)11-23(24)18-6-7-32-22(10-18)12-25(30-32)29-26(33)17-2-3-17/h6-7,10-12,14,16-17,20-21H,2-5,8-9,15H2,1H3,(H,29,30,33)/t16?,20-,21+. The van der Waals surface area contributed by atoms with Crippen molar-refractivity contribution in [3.05, 3.63) is 42.4 Å². The zero-order chi connectivity index (χ0) is 23.2. The summed E-state index contributed by atoms with van der Waals surface area (Å²) in [5.41, 5.74) is 2.97. The number of carbonyl (C=O) groups is 1. The van der Waals surface area contributed by atoms with Crippen LogP contribution in [0.15, 0.2) is 36.7 Å². The quantitative estimate of drug-likeness (QED) is 0.605. The minimum absolute atomic E-state index is 0.0365. The molecule has 174 valence electrons. The van der Waals surface area contributed by atoms with E-state index in [4.69, 9.17) is 4.74 Å². The average Bonchev–Trinajstić information content (AvgIpc) is 3.59. The molecule has 0 radical (unpaired) electrons. The van der Waals surface area contributed by atoms with Gasteiger partial charge in [0.15, 0.2) is 5.82 Å². The number of hydrogen-bond donors (Lipinski definition) is 1. The van der Waals surface area contributed by atoms with Crippen LogP contribution < -0.4 is 10.1 Å². The number of piperidine rings is 1. The van der Waals surface area contributed by atoms with E-state index >= 15 is 0 Å². The van der Waals surface area contributed by atoms with Gasteiger partial charge in [-0.3, -0.25) is 4.79 Å². The van der Waals surface area contributed by atoms with E-state index in [1.54, 1.807) is 16.8 Å². The lowest BCUT2D eigenvalue weighted by molar-refractivity contribution is -0.117. The van der Waals surface area contributed by atoms with Crippen molar-refractivity contribution >= 4 is 17.2 Å². The molecule has 1 unspecified atom stereocenters. The predicted octanol–water partition coefficient (Wildman–Crippen LogP) is 3.87. The van der Waals surface area contributed by atoms with Gasteiger partial charge in [0.25, 0.3) is 0 Å². The molecule has 5 heterocycles. The molecule has 3 atom stereocenters. The molecule has 3 aliphatic rings. The van der Waals surface area contributed by atoms with Gasteiger partial charge in [-0.15, -0.1) is 0 Å². The molecule has 34 heavy (non-hydrogen) atoms. The largest absolute Gasteiger partial charge is 0.491 e. The van der Waals surface area contributed by atoms with Crippen molar-refractivity contribution in [1.82, 2.24) is 19.5 Å². The van der Waals surface area contributed by atoms with E-state index in [1.165, 1.54) is 25.7 Å². The monoisotopic (exact) mass is 456 g/mol. The van der Waals surface area contributed by atoms with Crippen LogP contribution in [-0.2, 0) is 4.79 Å². The Morgan fingerprint density at radius 3 is 2.74 bits per heavy atom. The van der Waals surface area contributed by atoms with E-state index in [0.717, 1.165) is 29.5 Å². The molecule has 2 aliphatic heterocycles. The minimum atomic E-state index is 0.0365. The molecule has 3 fully saturated rings. The Kier molecular flexibility index (Phi) is 5.22. The van der Waals surface area contributed by atoms with Crippen molar-refractivity contribution in [2.45, 2.75) is 50.6 Å². The molecule has 1 saturated carbocycles. The Morgan fingerprint density at radius 1 is 1.21 bits per heavy atom. The number of amides is 1. The summed E-state index contributed by atoms with van der Waals surface area (Å²) in [6.07, 6.45) is 10.3. The average molecular weight is 457 g/mol. The van der Waals surface area contributed by atoms with E-state index in [0.29, 0.717) is 41.9 Å². The first-order valence-electron chi connectivity index (χ1n) is 12.1. The van der Waals surface area contributed by atoms with Gasteiger partial charge in [0, 0.05) is 35.8 Å². The topological polar surface area (TPSA) is 95.6 Å².